The molecule has 0 bridgehead atoms. The number of nitrogens with one attached hydrogen (secondary N) is 1. The SMILES string of the molecule is CNCC(F)(F)Cn1cc(Cl)cn1. The summed E-state index contributed by atoms with van der Waals surface area (Å²) in [5.41, 5.74) is 0. The Balaban J connectivity index is 2.57. The van der Waals surface area contributed by atoms with E-state index in [0.29, 0.717) is 5.02 Å². The van der Waals surface area contributed by atoms with E-state index in [1.807, 2.05) is 0 Å². The first-order valence-corrected chi connectivity index (χ1v) is 4.12. The van der Waals surface area contributed by atoms with Crippen molar-refractivity contribution < 1.29 is 8.78 Å². The van der Waals surface area contributed by atoms with E-state index in [9.17, 15) is 8.78 Å². The number of halogens is 3. The fourth-order valence-electron chi connectivity index (χ4n) is 0.976. The van der Waals surface area contributed by atoms with E-state index in [-0.39, 0.29) is 6.54 Å². The minimum absolute atomic E-state index is 0.361. The van der Waals surface area contributed by atoms with Gasteiger partial charge in [0.2, 0.25) is 0 Å². The van der Waals surface area contributed by atoms with E-state index in [2.05, 4.69) is 10.4 Å². The van der Waals surface area contributed by atoms with Gasteiger partial charge in [0, 0.05) is 6.20 Å². The summed E-state index contributed by atoms with van der Waals surface area (Å²) in [6.45, 7) is -0.828. The van der Waals surface area contributed by atoms with Crippen LogP contribution < -0.4 is 5.32 Å². The molecule has 1 aromatic heterocycles. The molecule has 13 heavy (non-hydrogen) atoms. The average molecular weight is 210 g/mol. The monoisotopic (exact) mass is 209 g/mol. The van der Waals surface area contributed by atoms with E-state index in [0.717, 1.165) is 4.68 Å². The standard InChI is InChI=1S/C7H10ClF2N3/c1-11-4-7(9,10)5-13-3-6(8)2-12-13/h2-3,11H,4-5H2,1H3. The van der Waals surface area contributed by atoms with Crippen molar-refractivity contribution in [2.45, 2.75) is 12.5 Å². The van der Waals surface area contributed by atoms with E-state index >= 15 is 0 Å². The fraction of sp³-hybridized carbons (Fsp3) is 0.571. The number of rotatable bonds is 4. The Kier molecular flexibility index (Phi) is 3.22. The predicted octanol–water partition coefficient (Wildman–Crippen LogP) is 1.39. The Hall–Kier alpha value is -0.680. The van der Waals surface area contributed by atoms with E-state index in [4.69, 9.17) is 11.6 Å². The van der Waals surface area contributed by atoms with Gasteiger partial charge in [-0.25, -0.2) is 8.78 Å². The Bertz CT molecular complexity index is 274. The molecule has 0 spiro atoms. The summed E-state index contributed by atoms with van der Waals surface area (Å²) in [4.78, 5) is 0. The van der Waals surface area contributed by atoms with Crippen molar-refractivity contribution in [1.29, 1.82) is 0 Å². The quantitative estimate of drug-likeness (QED) is 0.812. The number of aromatic nitrogens is 2. The molecule has 0 amide bonds. The zero-order chi connectivity index (χ0) is 9.90. The highest BCUT2D eigenvalue weighted by Gasteiger charge is 2.28. The van der Waals surface area contributed by atoms with E-state index < -0.39 is 12.5 Å². The van der Waals surface area contributed by atoms with Gasteiger partial charge in [0.1, 0.15) is 6.54 Å². The molecule has 0 saturated heterocycles. The summed E-state index contributed by atoms with van der Waals surface area (Å²) in [7, 11) is 1.48. The molecule has 0 atom stereocenters. The van der Waals surface area contributed by atoms with Crippen LogP contribution in [0.1, 0.15) is 0 Å². The molecular formula is C7H10ClF2N3. The Labute approximate surface area is 79.7 Å². The second kappa shape index (κ2) is 4.02. The molecule has 0 fully saturated rings. The van der Waals surface area contributed by atoms with Gasteiger partial charge >= 0.3 is 0 Å². The fourth-order valence-corrected chi connectivity index (χ4v) is 1.13. The molecule has 74 valence electrons. The highest BCUT2D eigenvalue weighted by atomic mass is 35.5. The van der Waals surface area contributed by atoms with Gasteiger partial charge in [-0.15, -0.1) is 0 Å². The average Bonchev–Trinajstić information content (AvgIpc) is 2.34. The predicted molar refractivity (Wildman–Crippen MR) is 46.1 cm³/mol. The molecule has 1 heterocycles. The lowest BCUT2D eigenvalue weighted by Gasteiger charge is -2.15. The van der Waals surface area contributed by atoms with E-state index in [1.165, 1.54) is 19.4 Å². The Morgan fingerprint density at radius 1 is 1.69 bits per heavy atom. The first-order valence-electron chi connectivity index (χ1n) is 3.74. The van der Waals surface area contributed by atoms with Crippen LogP contribution in [0, 0.1) is 0 Å². The van der Waals surface area contributed by atoms with Crippen LogP contribution >= 0.6 is 11.6 Å². The van der Waals surface area contributed by atoms with Crippen LogP contribution in [0.4, 0.5) is 8.78 Å². The van der Waals surface area contributed by atoms with Crippen molar-refractivity contribution in [3.63, 3.8) is 0 Å². The molecule has 1 N–H and O–H groups in total. The summed E-state index contributed by atoms with van der Waals surface area (Å²) in [6.07, 6.45) is 2.70. The van der Waals surface area contributed by atoms with E-state index in [1.54, 1.807) is 0 Å². The summed E-state index contributed by atoms with van der Waals surface area (Å²) in [5.74, 6) is -2.80. The van der Waals surface area contributed by atoms with Gasteiger partial charge in [-0.1, -0.05) is 11.6 Å². The highest BCUT2D eigenvalue weighted by molar-refractivity contribution is 6.30. The number of alkyl halides is 2. The highest BCUT2D eigenvalue weighted by Crippen LogP contribution is 2.15. The van der Waals surface area contributed by atoms with Crippen LogP contribution in [-0.4, -0.2) is 29.3 Å². The van der Waals surface area contributed by atoms with Gasteiger partial charge in [0.25, 0.3) is 5.92 Å². The van der Waals surface area contributed by atoms with Crippen molar-refractivity contribution >= 4 is 11.6 Å². The maximum atomic E-state index is 13.0. The van der Waals surface area contributed by atoms with Crippen LogP contribution in [0.5, 0.6) is 0 Å². The molecule has 0 unspecified atom stereocenters. The third kappa shape index (κ3) is 3.28. The number of hydrogen-bond acceptors (Lipinski definition) is 2. The van der Waals surface area contributed by atoms with Crippen molar-refractivity contribution in [3.05, 3.63) is 17.4 Å². The molecule has 6 heteroatoms. The second-order valence-electron chi connectivity index (χ2n) is 2.74. The van der Waals surface area contributed by atoms with Gasteiger partial charge in [-0.05, 0) is 7.05 Å². The van der Waals surface area contributed by atoms with Crippen LogP contribution in [0.25, 0.3) is 0 Å². The molecule has 0 aliphatic rings. The van der Waals surface area contributed by atoms with Gasteiger partial charge in [-0.2, -0.15) is 5.10 Å². The third-order valence-corrected chi connectivity index (χ3v) is 1.63. The topological polar surface area (TPSA) is 29.9 Å². The summed E-state index contributed by atoms with van der Waals surface area (Å²) in [5, 5.41) is 6.43. The maximum absolute atomic E-state index is 13.0. The van der Waals surface area contributed by atoms with Crippen molar-refractivity contribution in [1.82, 2.24) is 15.1 Å². The van der Waals surface area contributed by atoms with Gasteiger partial charge in [-0.3, -0.25) is 4.68 Å². The van der Waals surface area contributed by atoms with Crippen molar-refractivity contribution in [2.24, 2.45) is 0 Å². The Morgan fingerprint density at radius 2 is 2.38 bits per heavy atom. The molecule has 0 aromatic carbocycles. The van der Waals surface area contributed by atoms with Crippen LogP contribution in [0.2, 0.25) is 5.02 Å². The first kappa shape index (κ1) is 10.4. The van der Waals surface area contributed by atoms with Crippen LogP contribution in [-0.2, 0) is 6.54 Å². The zero-order valence-electron chi connectivity index (χ0n) is 7.10. The minimum atomic E-state index is -2.80. The van der Waals surface area contributed by atoms with Crippen LogP contribution in [0.3, 0.4) is 0 Å². The van der Waals surface area contributed by atoms with Gasteiger partial charge in [0.15, 0.2) is 0 Å². The van der Waals surface area contributed by atoms with Gasteiger partial charge in [0.05, 0.1) is 17.8 Å². The van der Waals surface area contributed by atoms with Crippen molar-refractivity contribution in [3.8, 4) is 0 Å². The normalized spacial score (nSPS) is 12.0. The lowest BCUT2D eigenvalue weighted by molar-refractivity contribution is -0.0162. The molecule has 0 radical (unpaired) electrons. The van der Waals surface area contributed by atoms with Gasteiger partial charge < -0.3 is 5.32 Å². The molecule has 0 saturated carbocycles. The molecular weight excluding hydrogens is 200 g/mol. The molecule has 1 aromatic rings. The Morgan fingerprint density at radius 3 is 2.85 bits per heavy atom. The summed E-state index contributed by atoms with van der Waals surface area (Å²) in [6, 6.07) is 0. The van der Waals surface area contributed by atoms with Crippen molar-refractivity contribution in [2.75, 3.05) is 13.6 Å². The lowest BCUT2D eigenvalue weighted by Crippen LogP contribution is -2.34. The largest absolute Gasteiger partial charge is 0.314 e. The zero-order valence-corrected chi connectivity index (χ0v) is 7.85. The molecule has 0 aliphatic carbocycles. The minimum Gasteiger partial charge on any atom is -0.314 e. The third-order valence-electron chi connectivity index (χ3n) is 1.43. The molecule has 1 rings (SSSR count). The lowest BCUT2D eigenvalue weighted by atomic mass is 10.3. The summed E-state index contributed by atoms with van der Waals surface area (Å²) >= 11 is 5.52. The van der Waals surface area contributed by atoms with Crippen LogP contribution in [0.15, 0.2) is 12.4 Å². The first-order chi connectivity index (χ1) is 6.03. The summed E-state index contributed by atoms with van der Waals surface area (Å²) < 4.78 is 27.0. The number of nitrogens with zero attached hydrogens (tertiary/aromatic N) is 2. The second-order valence-corrected chi connectivity index (χ2v) is 3.18. The molecule has 3 nitrogen and oxygen atoms in total. The number of hydrogen-bond donors (Lipinski definition) is 1. The maximum Gasteiger partial charge on any atom is 0.279 e. The smallest absolute Gasteiger partial charge is 0.279 e. The molecule has 0 aliphatic heterocycles.